The predicted molar refractivity (Wildman–Crippen MR) is 61.0 cm³/mol. The van der Waals surface area contributed by atoms with E-state index in [-0.39, 0.29) is 5.69 Å². The first-order chi connectivity index (χ1) is 7.22. The minimum atomic E-state index is -3.37. The van der Waals surface area contributed by atoms with Crippen LogP contribution < -0.4 is 4.72 Å². The van der Waals surface area contributed by atoms with E-state index in [1.165, 1.54) is 12.1 Å². The number of nitrogens with one attached hydrogen (secondary N) is 1. The molecule has 0 radical (unpaired) electrons. The second-order valence-electron chi connectivity index (χ2n) is 3.51. The maximum Gasteiger partial charge on any atom is 0.272 e. The van der Waals surface area contributed by atoms with E-state index in [2.05, 4.69) is 4.72 Å². The number of nitro benzene ring substituents is 1. The molecule has 0 saturated carbocycles. The van der Waals surface area contributed by atoms with Crippen LogP contribution in [0.4, 0.5) is 11.4 Å². The number of benzene rings is 1. The quantitative estimate of drug-likeness (QED) is 0.645. The fraction of sp³-hybridized carbons (Fsp3) is 0.333. The lowest BCUT2D eigenvalue weighted by Gasteiger charge is -2.09. The summed E-state index contributed by atoms with van der Waals surface area (Å²) in [5, 5.41) is 10.6. The molecule has 0 aliphatic heterocycles. The van der Waals surface area contributed by atoms with E-state index in [1.54, 1.807) is 13.8 Å². The molecular formula is C9H12N2O4S. The zero-order valence-corrected chi connectivity index (χ0v) is 9.96. The first-order valence-corrected chi connectivity index (χ1v) is 6.34. The van der Waals surface area contributed by atoms with Crippen LogP contribution in [0.2, 0.25) is 0 Å². The largest absolute Gasteiger partial charge is 0.283 e. The second kappa shape index (κ2) is 4.09. The minimum Gasteiger partial charge on any atom is -0.283 e. The summed E-state index contributed by atoms with van der Waals surface area (Å²) in [5.74, 6) is 0. The van der Waals surface area contributed by atoms with Crippen LogP contribution >= 0.6 is 0 Å². The summed E-state index contributed by atoms with van der Waals surface area (Å²) in [7, 11) is -3.37. The van der Waals surface area contributed by atoms with Crippen LogP contribution in [0.1, 0.15) is 11.1 Å². The highest BCUT2D eigenvalue weighted by atomic mass is 32.2. The minimum absolute atomic E-state index is 0.0171. The van der Waals surface area contributed by atoms with E-state index >= 15 is 0 Å². The Morgan fingerprint density at radius 1 is 1.25 bits per heavy atom. The molecule has 0 amide bonds. The molecule has 0 saturated heterocycles. The van der Waals surface area contributed by atoms with Crippen molar-refractivity contribution in [3.05, 3.63) is 33.4 Å². The lowest BCUT2D eigenvalue weighted by Crippen LogP contribution is -2.11. The molecule has 1 aromatic carbocycles. The number of sulfonamides is 1. The number of hydrogen-bond donors (Lipinski definition) is 1. The van der Waals surface area contributed by atoms with E-state index in [0.717, 1.165) is 6.26 Å². The van der Waals surface area contributed by atoms with Crippen molar-refractivity contribution in [2.24, 2.45) is 0 Å². The van der Waals surface area contributed by atoms with E-state index in [4.69, 9.17) is 0 Å². The highest BCUT2D eigenvalue weighted by molar-refractivity contribution is 7.92. The Kier molecular flexibility index (Phi) is 3.18. The molecule has 0 heterocycles. The lowest BCUT2D eigenvalue weighted by atomic mass is 10.1. The van der Waals surface area contributed by atoms with Gasteiger partial charge in [0.15, 0.2) is 0 Å². The topological polar surface area (TPSA) is 89.3 Å². The summed E-state index contributed by atoms with van der Waals surface area (Å²) in [4.78, 5) is 10.1. The lowest BCUT2D eigenvalue weighted by molar-refractivity contribution is -0.385. The summed E-state index contributed by atoms with van der Waals surface area (Å²) >= 11 is 0. The maximum atomic E-state index is 11.0. The average molecular weight is 244 g/mol. The van der Waals surface area contributed by atoms with E-state index in [9.17, 15) is 18.5 Å². The maximum absolute atomic E-state index is 11.0. The van der Waals surface area contributed by atoms with Crippen LogP contribution in [0.25, 0.3) is 0 Å². The van der Waals surface area contributed by atoms with Gasteiger partial charge in [0, 0.05) is 11.6 Å². The molecule has 0 aromatic heterocycles. The molecule has 1 rings (SSSR count). The van der Waals surface area contributed by atoms with Crippen LogP contribution in [-0.2, 0) is 10.0 Å². The third-order valence-corrected chi connectivity index (χ3v) is 2.84. The molecule has 0 unspecified atom stereocenters. The van der Waals surface area contributed by atoms with Crippen molar-refractivity contribution in [3.63, 3.8) is 0 Å². The molecule has 0 fully saturated rings. The van der Waals surface area contributed by atoms with Crippen molar-refractivity contribution < 1.29 is 13.3 Å². The molecule has 0 spiro atoms. The van der Waals surface area contributed by atoms with Crippen LogP contribution in [0.3, 0.4) is 0 Å². The van der Waals surface area contributed by atoms with Crippen LogP contribution in [0.15, 0.2) is 12.1 Å². The normalized spacial score (nSPS) is 11.2. The van der Waals surface area contributed by atoms with Crippen molar-refractivity contribution in [1.29, 1.82) is 0 Å². The second-order valence-corrected chi connectivity index (χ2v) is 5.26. The Morgan fingerprint density at radius 3 is 2.25 bits per heavy atom. The molecule has 0 bridgehead atoms. The van der Waals surface area contributed by atoms with Gasteiger partial charge in [-0.15, -0.1) is 0 Å². The SMILES string of the molecule is Cc1c(NS(C)(=O)=O)ccc([N+](=O)[O-])c1C. The van der Waals surface area contributed by atoms with Gasteiger partial charge in [-0.05, 0) is 25.5 Å². The zero-order valence-electron chi connectivity index (χ0n) is 9.14. The standard InChI is InChI=1S/C9H12N2O4S/c1-6-7(2)9(11(12)13)5-4-8(6)10-16(3,14)15/h4-5,10H,1-3H3. The van der Waals surface area contributed by atoms with Gasteiger partial charge in [0.2, 0.25) is 10.0 Å². The number of rotatable bonds is 3. The van der Waals surface area contributed by atoms with Gasteiger partial charge >= 0.3 is 0 Å². The Hall–Kier alpha value is -1.63. The molecule has 0 aliphatic carbocycles. The third-order valence-electron chi connectivity index (χ3n) is 2.25. The summed E-state index contributed by atoms with van der Waals surface area (Å²) in [6.07, 6.45) is 1.03. The first kappa shape index (κ1) is 12.4. The molecule has 6 nitrogen and oxygen atoms in total. The monoisotopic (exact) mass is 244 g/mol. The zero-order chi connectivity index (χ0) is 12.5. The van der Waals surface area contributed by atoms with Crippen LogP contribution in [-0.4, -0.2) is 19.6 Å². The van der Waals surface area contributed by atoms with Gasteiger partial charge in [-0.2, -0.15) is 0 Å². The number of hydrogen-bond acceptors (Lipinski definition) is 4. The third kappa shape index (κ3) is 2.69. The number of nitro groups is 1. The summed E-state index contributed by atoms with van der Waals surface area (Å²) in [6, 6.07) is 2.68. The molecule has 88 valence electrons. The molecule has 0 atom stereocenters. The van der Waals surface area contributed by atoms with Crippen molar-refractivity contribution in [2.45, 2.75) is 13.8 Å². The van der Waals surface area contributed by atoms with Crippen molar-refractivity contribution >= 4 is 21.4 Å². The molecular weight excluding hydrogens is 232 g/mol. The van der Waals surface area contributed by atoms with Crippen molar-refractivity contribution in [3.8, 4) is 0 Å². The molecule has 7 heteroatoms. The first-order valence-electron chi connectivity index (χ1n) is 4.45. The van der Waals surface area contributed by atoms with Crippen molar-refractivity contribution in [2.75, 3.05) is 11.0 Å². The molecule has 16 heavy (non-hydrogen) atoms. The van der Waals surface area contributed by atoms with Crippen molar-refractivity contribution in [1.82, 2.24) is 0 Å². The van der Waals surface area contributed by atoms with Gasteiger partial charge in [-0.3, -0.25) is 14.8 Å². The Balaban J connectivity index is 3.28. The van der Waals surface area contributed by atoms with Gasteiger partial charge in [-0.25, -0.2) is 8.42 Å². The van der Waals surface area contributed by atoms with Gasteiger partial charge in [0.05, 0.1) is 16.9 Å². The Labute approximate surface area is 93.5 Å². The van der Waals surface area contributed by atoms with E-state index in [1.807, 2.05) is 0 Å². The van der Waals surface area contributed by atoms with Gasteiger partial charge < -0.3 is 0 Å². The van der Waals surface area contributed by atoms with Gasteiger partial charge in [0.25, 0.3) is 5.69 Å². The fourth-order valence-corrected chi connectivity index (χ4v) is 1.94. The molecule has 0 aliphatic rings. The number of nitrogens with zero attached hydrogens (tertiary/aromatic N) is 1. The van der Waals surface area contributed by atoms with Crippen LogP contribution in [0.5, 0.6) is 0 Å². The van der Waals surface area contributed by atoms with E-state index < -0.39 is 14.9 Å². The van der Waals surface area contributed by atoms with E-state index in [0.29, 0.717) is 16.8 Å². The Morgan fingerprint density at radius 2 is 1.81 bits per heavy atom. The van der Waals surface area contributed by atoms with Gasteiger partial charge in [-0.1, -0.05) is 0 Å². The summed E-state index contributed by atoms with van der Waals surface area (Å²) in [5.41, 5.74) is 1.36. The predicted octanol–water partition coefficient (Wildman–Crippen LogP) is 1.58. The van der Waals surface area contributed by atoms with Gasteiger partial charge in [0.1, 0.15) is 0 Å². The highest BCUT2D eigenvalue weighted by Gasteiger charge is 2.15. The molecule has 1 N–H and O–H groups in total. The smallest absolute Gasteiger partial charge is 0.272 e. The molecule has 1 aromatic rings. The Bertz CT molecular complexity index is 537. The number of anilines is 1. The summed E-state index contributed by atoms with van der Waals surface area (Å²) in [6.45, 7) is 3.22. The van der Waals surface area contributed by atoms with Crippen LogP contribution in [0, 0.1) is 24.0 Å². The fourth-order valence-electron chi connectivity index (χ4n) is 1.31. The highest BCUT2D eigenvalue weighted by Crippen LogP contribution is 2.27. The summed E-state index contributed by atoms with van der Waals surface area (Å²) < 4.78 is 24.4. The average Bonchev–Trinajstić information content (AvgIpc) is 2.10.